The summed E-state index contributed by atoms with van der Waals surface area (Å²) >= 11 is 0. The first-order valence-electron chi connectivity index (χ1n) is 9.70. The molecule has 168 valence electrons. The molecule has 0 spiro atoms. The lowest BCUT2D eigenvalue weighted by Crippen LogP contribution is -2.22. The largest absolute Gasteiger partial charge is 0.416 e. The Balaban J connectivity index is 1.91. The second-order valence-electron chi connectivity index (χ2n) is 7.54. The van der Waals surface area contributed by atoms with Crippen molar-refractivity contribution in [1.29, 1.82) is 0 Å². The number of benzene rings is 2. The van der Waals surface area contributed by atoms with Gasteiger partial charge in [0.2, 0.25) is 10.0 Å². The lowest BCUT2D eigenvalue weighted by atomic mass is 10.1. The van der Waals surface area contributed by atoms with Crippen LogP contribution in [0.5, 0.6) is 0 Å². The average Bonchev–Trinajstić information content (AvgIpc) is 3.03. The van der Waals surface area contributed by atoms with Gasteiger partial charge in [0.25, 0.3) is 0 Å². The highest BCUT2D eigenvalue weighted by atomic mass is 32.2. The second kappa shape index (κ2) is 8.60. The minimum atomic E-state index is -4.41. The Kier molecular flexibility index (Phi) is 6.45. The molecule has 0 atom stereocenters. The predicted octanol–water partition coefficient (Wildman–Crippen LogP) is 3.96. The number of alkyl halides is 3. The van der Waals surface area contributed by atoms with Crippen molar-refractivity contribution in [3.63, 3.8) is 0 Å². The first-order valence-corrected chi connectivity index (χ1v) is 11.1. The van der Waals surface area contributed by atoms with Crippen molar-refractivity contribution in [2.24, 2.45) is 0 Å². The van der Waals surface area contributed by atoms with E-state index in [1.54, 1.807) is 30.1 Å². The molecule has 0 N–H and O–H groups in total. The number of hydrogen-bond donors (Lipinski definition) is 0. The summed E-state index contributed by atoms with van der Waals surface area (Å²) < 4.78 is 67.8. The molecule has 2 aromatic carbocycles. The molecule has 0 amide bonds. The molecular weight excluding hydrogens is 429 g/mol. The quantitative estimate of drug-likeness (QED) is 0.542. The molecular formula is C21H25F3N4O2S. The van der Waals surface area contributed by atoms with E-state index in [4.69, 9.17) is 0 Å². The molecule has 0 saturated heterocycles. The van der Waals surface area contributed by atoms with Crippen molar-refractivity contribution in [3.8, 4) is 0 Å². The molecule has 6 nitrogen and oxygen atoms in total. The van der Waals surface area contributed by atoms with Gasteiger partial charge in [0.1, 0.15) is 5.82 Å². The Labute approximate surface area is 180 Å². The van der Waals surface area contributed by atoms with E-state index in [-0.39, 0.29) is 17.0 Å². The summed E-state index contributed by atoms with van der Waals surface area (Å²) in [5.74, 6) is 0.656. The summed E-state index contributed by atoms with van der Waals surface area (Å²) in [6, 6.07) is 10.3. The van der Waals surface area contributed by atoms with Crippen LogP contribution in [0.25, 0.3) is 11.0 Å². The zero-order chi connectivity index (χ0) is 23.0. The number of aryl methyl sites for hydroxylation is 1. The molecule has 3 rings (SSSR count). The Hall–Kier alpha value is -2.43. The molecule has 10 heteroatoms. The first-order chi connectivity index (χ1) is 14.4. The fourth-order valence-corrected chi connectivity index (χ4v) is 4.45. The lowest BCUT2D eigenvalue weighted by molar-refractivity contribution is -0.138. The van der Waals surface area contributed by atoms with Crippen LogP contribution in [0.2, 0.25) is 0 Å². The van der Waals surface area contributed by atoms with Crippen LogP contribution < -0.4 is 0 Å². The van der Waals surface area contributed by atoms with Gasteiger partial charge >= 0.3 is 6.18 Å². The van der Waals surface area contributed by atoms with E-state index in [1.165, 1.54) is 32.3 Å². The normalized spacial score (nSPS) is 12.9. The highest BCUT2D eigenvalue weighted by Gasteiger charge is 2.33. The van der Waals surface area contributed by atoms with E-state index in [9.17, 15) is 21.6 Å². The Morgan fingerprint density at radius 1 is 1.03 bits per heavy atom. The first kappa shape index (κ1) is 23.2. The van der Waals surface area contributed by atoms with E-state index >= 15 is 0 Å². The monoisotopic (exact) mass is 454 g/mol. The van der Waals surface area contributed by atoms with Gasteiger partial charge in [-0.15, -0.1) is 0 Å². The molecule has 1 heterocycles. The second-order valence-corrected chi connectivity index (χ2v) is 9.69. The molecule has 3 aromatic rings. The standard InChI is InChI=1S/C21H25F3N4O2S/c1-5-28-19-11-10-16(31(29,30)26(2)3)12-18(19)25-20(28)14-27(4)13-15-8-6-7-9-17(15)21(22,23)24/h6-12H,5,13-14H2,1-4H3. The smallest absolute Gasteiger partial charge is 0.327 e. The number of sulfonamides is 1. The minimum Gasteiger partial charge on any atom is -0.327 e. The maximum atomic E-state index is 13.3. The molecule has 1 aromatic heterocycles. The molecule has 0 radical (unpaired) electrons. The lowest BCUT2D eigenvalue weighted by Gasteiger charge is -2.20. The summed E-state index contributed by atoms with van der Waals surface area (Å²) in [5.41, 5.74) is 0.851. The summed E-state index contributed by atoms with van der Waals surface area (Å²) in [5, 5.41) is 0. The maximum Gasteiger partial charge on any atom is 0.416 e. The van der Waals surface area contributed by atoms with Crippen molar-refractivity contribution >= 4 is 21.1 Å². The van der Waals surface area contributed by atoms with Crippen molar-refractivity contribution in [3.05, 3.63) is 59.4 Å². The van der Waals surface area contributed by atoms with E-state index in [0.29, 0.717) is 24.4 Å². The van der Waals surface area contributed by atoms with Gasteiger partial charge in [0.15, 0.2) is 0 Å². The number of aromatic nitrogens is 2. The van der Waals surface area contributed by atoms with Crippen molar-refractivity contribution < 1.29 is 21.6 Å². The molecule has 0 saturated carbocycles. The van der Waals surface area contributed by atoms with Gasteiger partial charge in [-0.1, -0.05) is 18.2 Å². The summed E-state index contributed by atoms with van der Waals surface area (Å²) in [6.45, 7) is 2.94. The van der Waals surface area contributed by atoms with Gasteiger partial charge < -0.3 is 4.57 Å². The third-order valence-electron chi connectivity index (χ3n) is 5.07. The fraction of sp³-hybridized carbons (Fsp3) is 0.381. The van der Waals surface area contributed by atoms with Gasteiger partial charge in [0.05, 0.1) is 28.0 Å². The highest BCUT2D eigenvalue weighted by Crippen LogP contribution is 2.32. The Morgan fingerprint density at radius 3 is 2.32 bits per heavy atom. The third kappa shape index (κ3) is 4.76. The number of imidazole rings is 1. The molecule has 0 unspecified atom stereocenters. The number of rotatable bonds is 7. The SMILES string of the molecule is CCn1c(CN(C)Cc2ccccc2C(F)(F)F)nc2cc(S(=O)(=O)N(C)C)ccc21. The van der Waals surface area contributed by atoms with Crippen LogP contribution in [0.4, 0.5) is 13.2 Å². The van der Waals surface area contributed by atoms with Crippen molar-refractivity contribution in [2.45, 2.75) is 37.6 Å². The predicted molar refractivity (Wildman–Crippen MR) is 113 cm³/mol. The number of fused-ring (bicyclic) bond motifs is 1. The van der Waals surface area contributed by atoms with E-state index < -0.39 is 21.8 Å². The van der Waals surface area contributed by atoms with Crippen LogP contribution in [0.15, 0.2) is 47.4 Å². The van der Waals surface area contributed by atoms with Gasteiger partial charge in [-0.05, 0) is 43.8 Å². The van der Waals surface area contributed by atoms with Crippen LogP contribution in [0.1, 0.15) is 23.9 Å². The van der Waals surface area contributed by atoms with Crippen LogP contribution >= 0.6 is 0 Å². The van der Waals surface area contributed by atoms with Gasteiger partial charge in [0, 0.05) is 27.2 Å². The average molecular weight is 455 g/mol. The van der Waals surface area contributed by atoms with Crippen LogP contribution in [0.3, 0.4) is 0 Å². The number of hydrogen-bond acceptors (Lipinski definition) is 4. The zero-order valence-electron chi connectivity index (χ0n) is 17.8. The molecule has 0 aliphatic heterocycles. The van der Waals surface area contributed by atoms with E-state index in [1.807, 2.05) is 11.5 Å². The fourth-order valence-electron chi connectivity index (χ4n) is 3.53. The van der Waals surface area contributed by atoms with Crippen LogP contribution in [0, 0.1) is 0 Å². The Morgan fingerprint density at radius 2 is 1.71 bits per heavy atom. The minimum absolute atomic E-state index is 0.100. The van der Waals surface area contributed by atoms with Crippen LogP contribution in [-0.4, -0.2) is 48.3 Å². The van der Waals surface area contributed by atoms with Crippen molar-refractivity contribution in [2.75, 3.05) is 21.1 Å². The van der Waals surface area contributed by atoms with E-state index in [0.717, 1.165) is 15.9 Å². The molecule has 31 heavy (non-hydrogen) atoms. The molecule has 0 aliphatic rings. The van der Waals surface area contributed by atoms with Gasteiger partial charge in [-0.25, -0.2) is 17.7 Å². The number of halogens is 3. The van der Waals surface area contributed by atoms with Gasteiger partial charge in [-0.2, -0.15) is 13.2 Å². The third-order valence-corrected chi connectivity index (χ3v) is 6.88. The van der Waals surface area contributed by atoms with Crippen molar-refractivity contribution in [1.82, 2.24) is 18.8 Å². The maximum absolute atomic E-state index is 13.3. The molecule has 0 bridgehead atoms. The Bertz CT molecular complexity index is 1190. The summed E-state index contributed by atoms with van der Waals surface area (Å²) in [6.07, 6.45) is -4.41. The van der Waals surface area contributed by atoms with Gasteiger partial charge in [-0.3, -0.25) is 4.90 Å². The topological polar surface area (TPSA) is 58.4 Å². The summed E-state index contributed by atoms with van der Waals surface area (Å²) in [4.78, 5) is 6.49. The zero-order valence-corrected chi connectivity index (χ0v) is 18.6. The number of nitrogens with zero attached hydrogens (tertiary/aromatic N) is 4. The molecule has 0 fully saturated rings. The van der Waals surface area contributed by atoms with E-state index in [2.05, 4.69) is 4.98 Å². The highest BCUT2D eigenvalue weighted by molar-refractivity contribution is 7.89. The molecule has 0 aliphatic carbocycles. The summed E-state index contributed by atoms with van der Waals surface area (Å²) in [7, 11) is 1.06. The van der Waals surface area contributed by atoms with Crippen LogP contribution in [-0.2, 0) is 35.8 Å².